The zero-order chi connectivity index (χ0) is 10.7. The molecule has 0 aliphatic heterocycles. The molecule has 0 aliphatic carbocycles. The Labute approximate surface area is 95.3 Å². The quantitative estimate of drug-likeness (QED) is 0.812. The minimum atomic E-state index is 0.424. The maximum atomic E-state index is 5.54. The second kappa shape index (κ2) is 4.65. The van der Waals surface area contributed by atoms with E-state index in [1.165, 1.54) is 29.6 Å². The van der Waals surface area contributed by atoms with Crippen LogP contribution in [0.3, 0.4) is 0 Å². The summed E-state index contributed by atoms with van der Waals surface area (Å²) in [4.78, 5) is 12.6. The summed E-state index contributed by atoms with van der Waals surface area (Å²) in [5.41, 5.74) is 7.29. The van der Waals surface area contributed by atoms with Gasteiger partial charge in [0.05, 0.1) is 5.69 Å². The van der Waals surface area contributed by atoms with Crippen LogP contribution < -0.4 is 5.73 Å². The van der Waals surface area contributed by atoms with Crippen LogP contribution in [-0.4, -0.2) is 19.3 Å². The Balaban J connectivity index is 2.24. The first-order chi connectivity index (χ1) is 7.28. The Morgan fingerprint density at radius 3 is 3.00 bits per heavy atom. The molecule has 0 saturated heterocycles. The van der Waals surface area contributed by atoms with Gasteiger partial charge in [-0.15, -0.1) is 0 Å². The molecule has 2 aromatic rings. The third kappa shape index (κ3) is 2.71. The standard InChI is InChI=1S/C8H9N5S2/c1-5-2-6(3-9)13-7(12-5)14-8-10-4-11-15-8/h2,4H,3,9H2,1H3. The molecule has 0 bridgehead atoms. The summed E-state index contributed by atoms with van der Waals surface area (Å²) in [5.74, 6) is 0. The first-order valence-corrected chi connectivity index (χ1v) is 5.86. The largest absolute Gasteiger partial charge is 0.325 e. The average molecular weight is 239 g/mol. The van der Waals surface area contributed by atoms with Gasteiger partial charge in [-0.3, -0.25) is 0 Å². The van der Waals surface area contributed by atoms with E-state index in [0.717, 1.165) is 15.7 Å². The van der Waals surface area contributed by atoms with Gasteiger partial charge < -0.3 is 5.73 Å². The van der Waals surface area contributed by atoms with Gasteiger partial charge in [0, 0.05) is 12.2 Å². The van der Waals surface area contributed by atoms with Crippen LogP contribution in [0, 0.1) is 6.92 Å². The van der Waals surface area contributed by atoms with Crippen molar-refractivity contribution in [1.29, 1.82) is 0 Å². The van der Waals surface area contributed by atoms with E-state index in [2.05, 4.69) is 19.3 Å². The van der Waals surface area contributed by atoms with Gasteiger partial charge in [0.25, 0.3) is 0 Å². The summed E-state index contributed by atoms with van der Waals surface area (Å²) in [6.07, 6.45) is 1.52. The van der Waals surface area contributed by atoms with Gasteiger partial charge in [0.15, 0.2) is 9.50 Å². The van der Waals surface area contributed by atoms with Crippen molar-refractivity contribution in [2.75, 3.05) is 0 Å². The monoisotopic (exact) mass is 239 g/mol. The Bertz CT molecular complexity index is 442. The number of nitrogens with zero attached hydrogens (tertiary/aromatic N) is 4. The van der Waals surface area contributed by atoms with E-state index in [-0.39, 0.29) is 0 Å². The zero-order valence-electron chi connectivity index (χ0n) is 8.04. The molecule has 2 rings (SSSR count). The highest BCUT2D eigenvalue weighted by molar-refractivity contribution is 8.00. The molecular formula is C8H9N5S2. The lowest BCUT2D eigenvalue weighted by molar-refractivity contribution is 0.854. The Morgan fingerprint density at radius 2 is 2.33 bits per heavy atom. The summed E-state index contributed by atoms with van der Waals surface area (Å²) in [6, 6.07) is 1.88. The molecule has 0 unspecified atom stereocenters. The smallest absolute Gasteiger partial charge is 0.195 e. The second-order valence-corrected chi connectivity index (χ2v) is 4.79. The molecule has 0 amide bonds. The normalized spacial score (nSPS) is 10.5. The highest BCUT2D eigenvalue weighted by atomic mass is 32.2. The van der Waals surface area contributed by atoms with Crippen LogP contribution >= 0.6 is 23.3 Å². The van der Waals surface area contributed by atoms with E-state index in [4.69, 9.17) is 5.73 Å². The molecule has 0 aromatic carbocycles. The molecule has 5 nitrogen and oxygen atoms in total. The van der Waals surface area contributed by atoms with Gasteiger partial charge in [-0.05, 0) is 36.3 Å². The topological polar surface area (TPSA) is 77.6 Å². The van der Waals surface area contributed by atoms with Crippen molar-refractivity contribution in [3.05, 3.63) is 23.8 Å². The van der Waals surface area contributed by atoms with Crippen LogP contribution in [0.25, 0.3) is 0 Å². The molecule has 0 fully saturated rings. The van der Waals surface area contributed by atoms with E-state index in [0.29, 0.717) is 11.7 Å². The number of rotatable bonds is 3. The van der Waals surface area contributed by atoms with Gasteiger partial charge >= 0.3 is 0 Å². The second-order valence-electron chi connectivity index (χ2n) is 2.80. The number of hydrogen-bond acceptors (Lipinski definition) is 7. The van der Waals surface area contributed by atoms with Crippen LogP contribution in [0.1, 0.15) is 11.4 Å². The van der Waals surface area contributed by atoms with Gasteiger partial charge in [0.1, 0.15) is 6.33 Å². The number of aromatic nitrogens is 4. The van der Waals surface area contributed by atoms with Crippen molar-refractivity contribution >= 4 is 23.3 Å². The molecule has 15 heavy (non-hydrogen) atoms. The van der Waals surface area contributed by atoms with Crippen molar-refractivity contribution in [2.45, 2.75) is 23.0 Å². The van der Waals surface area contributed by atoms with Gasteiger partial charge in [-0.25, -0.2) is 15.0 Å². The minimum absolute atomic E-state index is 0.424. The van der Waals surface area contributed by atoms with Crippen LogP contribution in [0.4, 0.5) is 0 Å². The molecule has 2 aromatic heterocycles. The number of hydrogen-bond donors (Lipinski definition) is 1. The van der Waals surface area contributed by atoms with Crippen molar-refractivity contribution < 1.29 is 0 Å². The fourth-order valence-corrected chi connectivity index (χ4v) is 2.43. The van der Waals surface area contributed by atoms with E-state index in [9.17, 15) is 0 Å². The fourth-order valence-electron chi connectivity index (χ4n) is 1.04. The molecule has 0 atom stereocenters. The summed E-state index contributed by atoms with van der Waals surface area (Å²) in [5, 5.41) is 0.673. The summed E-state index contributed by atoms with van der Waals surface area (Å²) in [7, 11) is 0. The Hall–Kier alpha value is -1.05. The van der Waals surface area contributed by atoms with Crippen molar-refractivity contribution in [2.24, 2.45) is 5.73 Å². The van der Waals surface area contributed by atoms with E-state index >= 15 is 0 Å². The molecule has 0 radical (unpaired) electrons. The third-order valence-electron chi connectivity index (χ3n) is 1.62. The summed E-state index contributed by atoms with van der Waals surface area (Å²) < 4.78 is 4.75. The van der Waals surface area contributed by atoms with E-state index in [1.807, 2.05) is 13.0 Å². The first kappa shape index (κ1) is 10.5. The van der Waals surface area contributed by atoms with Crippen molar-refractivity contribution in [3.8, 4) is 0 Å². The van der Waals surface area contributed by atoms with Crippen LogP contribution in [-0.2, 0) is 6.54 Å². The molecule has 7 heteroatoms. The highest BCUT2D eigenvalue weighted by Gasteiger charge is 2.05. The predicted octanol–water partition coefficient (Wildman–Crippen LogP) is 1.25. The van der Waals surface area contributed by atoms with Gasteiger partial charge in [-0.1, -0.05) is 0 Å². The van der Waals surface area contributed by atoms with Crippen molar-refractivity contribution in [1.82, 2.24) is 19.3 Å². The average Bonchev–Trinajstić information content (AvgIpc) is 2.69. The molecule has 78 valence electrons. The van der Waals surface area contributed by atoms with Gasteiger partial charge in [0.2, 0.25) is 0 Å². The van der Waals surface area contributed by atoms with E-state index in [1.54, 1.807) is 0 Å². The molecule has 2 N–H and O–H groups in total. The van der Waals surface area contributed by atoms with Crippen molar-refractivity contribution in [3.63, 3.8) is 0 Å². The highest BCUT2D eigenvalue weighted by Crippen LogP contribution is 2.25. The summed E-state index contributed by atoms with van der Waals surface area (Å²) >= 11 is 2.73. The lowest BCUT2D eigenvalue weighted by atomic mass is 10.3. The van der Waals surface area contributed by atoms with Crippen LogP contribution in [0.15, 0.2) is 21.9 Å². The SMILES string of the molecule is Cc1cc(CN)nc(Sc2ncns2)n1. The zero-order valence-corrected chi connectivity index (χ0v) is 9.68. The number of nitrogens with two attached hydrogens (primary N) is 1. The van der Waals surface area contributed by atoms with Crippen LogP contribution in [0.5, 0.6) is 0 Å². The van der Waals surface area contributed by atoms with E-state index < -0.39 is 0 Å². The lowest BCUT2D eigenvalue weighted by Crippen LogP contribution is -2.02. The predicted molar refractivity (Wildman–Crippen MR) is 58.7 cm³/mol. The summed E-state index contributed by atoms with van der Waals surface area (Å²) in [6.45, 7) is 2.35. The first-order valence-electron chi connectivity index (χ1n) is 4.27. The number of aryl methyl sites for hydroxylation is 1. The van der Waals surface area contributed by atoms with Crippen LogP contribution in [0.2, 0.25) is 0 Å². The third-order valence-corrected chi connectivity index (χ3v) is 3.20. The Morgan fingerprint density at radius 1 is 1.47 bits per heavy atom. The molecule has 0 aliphatic rings. The molecule has 0 saturated carbocycles. The molecule has 2 heterocycles. The van der Waals surface area contributed by atoms with Gasteiger partial charge in [-0.2, -0.15) is 4.37 Å². The lowest BCUT2D eigenvalue weighted by Gasteiger charge is -2.01. The Kier molecular flexibility index (Phi) is 3.24. The fraction of sp³-hybridized carbons (Fsp3) is 0.250. The maximum absolute atomic E-state index is 5.54. The molecule has 0 spiro atoms. The maximum Gasteiger partial charge on any atom is 0.195 e. The minimum Gasteiger partial charge on any atom is -0.325 e. The molecular weight excluding hydrogens is 230 g/mol.